The molecule has 28 heavy (non-hydrogen) atoms. The van der Waals surface area contributed by atoms with Crippen molar-refractivity contribution in [2.75, 3.05) is 4.90 Å². The lowest BCUT2D eigenvalue weighted by Crippen LogP contribution is -2.26. The van der Waals surface area contributed by atoms with Crippen molar-refractivity contribution >= 4 is 17.2 Å². The van der Waals surface area contributed by atoms with Crippen molar-refractivity contribution in [3.05, 3.63) is 107 Å². The average Bonchev–Trinajstić information content (AvgIpc) is 3.01. The van der Waals surface area contributed by atoms with Gasteiger partial charge in [-0.25, -0.2) is 0 Å². The Labute approximate surface area is 165 Å². The number of hydrogen-bond donors (Lipinski definition) is 1. The van der Waals surface area contributed by atoms with Gasteiger partial charge in [-0.15, -0.1) is 0 Å². The maximum atomic E-state index is 13.3. The van der Waals surface area contributed by atoms with Crippen LogP contribution in [0.3, 0.4) is 0 Å². The van der Waals surface area contributed by atoms with Gasteiger partial charge in [0.25, 0.3) is 5.91 Å². The molecule has 3 aromatic carbocycles. The van der Waals surface area contributed by atoms with Crippen molar-refractivity contribution in [2.45, 2.75) is 26.0 Å². The Bertz CT molecular complexity index is 1010. The summed E-state index contributed by atoms with van der Waals surface area (Å²) in [6.07, 6.45) is -0.199. The number of nitrogens with zero attached hydrogens (tertiary/aromatic N) is 1. The predicted octanol–water partition coefficient (Wildman–Crippen LogP) is 5.13. The number of aliphatic hydroxyl groups is 1. The Morgan fingerprint density at radius 2 is 1.50 bits per heavy atom. The van der Waals surface area contributed by atoms with Crippen LogP contribution in [0.2, 0.25) is 0 Å². The van der Waals surface area contributed by atoms with Crippen LogP contribution in [0.5, 0.6) is 0 Å². The molecule has 140 valence electrons. The molecule has 4 rings (SSSR count). The largest absolute Gasteiger partial charge is 0.388 e. The number of benzene rings is 3. The van der Waals surface area contributed by atoms with Gasteiger partial charge in [0.1, 0.15) is 0 Å². The highest BCUT2D eigenvalue weighted by Crippen LogP contribution is 2.40. The molecule has 0 unspecified atom stereocenters. The molecule has 1 atom stereocenters. The second kappa shape index (κ2) is 7.83. The minimum Gasteiger partial charge on any atom is -0.388 e. The van der Waals surface area contributed by atoms with E-state index in [2.05, 4.69) is 0 Å². The van der Waals surface area contributed by atoms with E-state index in [0.717, 1.165) is 28.0 Å². The standard InChI is InChI=1S/C25H23NO2/c1-18(16-23(27)20-12-6-3-7-13-20)24-21-14-8-9-15-22(21)26(25(24)28)17-19-10-4-2-5-11-19/h2-15,23,27H,16-17H2,1H3/b24-18-/t23-/m1/s1. The summed E-state index contributed by atoms with van der Waals surface area (Å²) in [5.41, 5.74) is 5.45. The van der Waals surface area contributed by atoms with Gasteiger partial charge in [-0.3, -0.25) is 4.79 Å². The van der Waals surface area contributed by atoms with Gasteiger partial charge in [0.05, 0.1) is 18.3 Å². The number of rotatable bonds is 5. The molecule has 0 saturated heterocycles. The van der Waals surface area contributed by atoms with E-state index in [1.807, 2.05) is 96.8 Å². The number of carbonyl (C=O) groups excluding carboxylic acids is 1. The number of amides is 1. The average molecular weight is 369 g/mol. The fraction of sp³-hybridized carbons (Fsp3) is 0.160. The molecule has 1 aliphatic rings. The number of carbonyl (C=O) groups is 1. The second-order valence-electron chi connectivity index (χ2n) is 7.18. The summed E-state index contributed by atoms with van der Waals surface area (Å²) in [5.74, 6) is 0.00261. The summed E-state index contributed by atoms with van der Waals surface area (Å²) < 4.78 is 0. The van der Waals surface area contributed by atoms with E-state index in [4.69, 9.17) is 0 Å². The first kappa shape index (κ1) is 18.2. The van der Waals surface area contributed by atoms with Crippen LogP contribution in [0.1, 0.15) is 36.1 Å². The number of para-hydroxylation sites is 1. The second-order valence-corrected chi connectivity index (χ2v) is 7.18. The molecule has 3 aromatic rings. The van der Waals surface area contributed by atoms with Crippen molar-refractivity contribution in [3.63, 3.8) is 0 Å². The number of anilines is 1. The first-order chi connectivity index (χ1) is 13.6. The maximum absolute atomic E-state index is 13.3. The van der Waals surface area contributed by atoms with Crippen LogP contribution in [0, 0.1) is 0 Å². The maximum Gasteiger partial charge on any atom is 0.259 e. The zero-order valence-corrected chi connectivity index (χ0v) is 15.9. The summed E-state index contributed by atoms with van der Waals surface area (Å²) in [4.78, 5) is 15.1. The summed E-state index contributed by atoms with van der Waals surface area (Å²) in [6, 6.07) is 27.5. The van der Waals surface area contributed by atoms with Gasteiger partial charge >= 0.3 is 0 Å². The SMILES string of the molecule is C/C(C[C@@H](O)c1ccccc1)=C1/C(=O)N(Cc2ccccc2)c2ccccc21. The lowest BCUT2D eigenvalue weighted by molar-refractivity contribution is -0.113. The first-order valence-electron chi connectivity index (χ1n) is 9.53. The molecule has 0 fully saturated rings. The van der Waals surface area contributed by atoms with Gasteiger partial charge in [-0.05, 0) is 30.5 Å². The molecule has 1 aliphatic heterocycles. The molecule has 1 N–H and O–H groups in total. The smallest absolute Gasteiger partial charge is 0.259 e. The summed E-state index contributed by atoms with van der Waals surface area (Å²) in [5, 5.41) is 10.6. The zero-order chi connectivity index (χ0) is 19.5. The van der Waals surface area contributed by atoms with E-state index in [1.54, 1.807) is 0 Å². The summed E-state index contributed by atoms with van der Waals surface area (Å²) in [6.45, 7) is 2.48. The van der Waals surface area contributed by atoms with Crippen molar-refractivity contribution in [1.29, 1.82) is 0 Å². The Morgan fingerprint density at radius 1 is 0.893 bits per heavy atom. The Kier molecular flexibility index (Phi) is 5.09. The van der Waals surface area contributed by atoms with Crippen LogP contribution in [0.15, 0.2) is 90.5 Å². The molecular formula is C25H23NO2. The number of fused-ring (bicyclic) bond motifs is 1. The predicted molar refractivity (Wildman–Crippen MR) is 113 cm³/mol. The van der Waals surface area contributed by atoms with Gasteiger partial charge < -0.3 is 10.0 Å². The van der Waals surface area contributed by atoms with E-state index in [1.165, 1.54) is 0 Å². The van der Waals surface area contributed by atoms with Crippen molar-refractivity contribution in [2.24, 2.45) is 0 Å². The van der Waals surface area contributed by atoms with Gasteiger partial charge in [0.2, 0.25) is 0 Å². The molecule has 1 heterocycles. The first-order valence-corrected chi connectivity index (χ1v) is 9.53. The third kappa shape index (κ3) is 3.49. The van der Waals surface area contributed by atoms with E-state index in [9.17, 15) is 9.90 Å². The van der Waals surface area contributed by atoms with Crippen LogP contribution in [0.25, 0.3) is 5.57 Å². The molecule has 0 radical (unpaired) electrons. The molecular weight excluding hydrogens is 346 g/mol. The Morgan fingerprint density at radius 3 is 2.21 bits per heavy atom. The quantitative estimate of drug-likeness (QED) is 0.633. The van der Waals surface area contributed by atoms with E-state index in [-0.39, 0.29) is 5.91 Å². The Hall–Kier alpha value is -3.17. The van der Waals surface area contributed by atoms with Crippen molar-refractivity contribution in [3.8, 4) is 0 Å². The fourth-order valence-corrected chi connectivity index (χ4v) is 3.80. The lowest BCUT2D eigenvalue weighted by Gasteiger charge is -2.17. The normalized spacial score (nSPS) is 16.1. The molecule has 0 bridgehead atoms. The number of aliphatic hydroxyl groups excluding tert-OH is 1. The van der Waals surface area contributed by atoms with Crippen molar-refractivity contribution in [1.82, 2.24) is 0 Å². The topological polar surface area (TPSA) is 40.5 Å². The van der Waals surface area contributed by atoms with E-state index < -0.39 is 6.10 Å². The highest BCUT2D eigenvalue weighted by atomic mass is 16.3. The molecule has 0 aromatic heterocycles. The van der Waals surface area contributed by atoms with Gasteiger partial charge in [-0.1, -0.05) is 84.4 Å². The summed E-state index contributed by atoms with van der Waals surface area (Å²) in [7, 11) is 0. The summed E-state index contributed by atoms with van der Waals surface area (Å²) >= 11 is 0. The molecule has 3 heteroatoms. The Balaban J connectivity index is 1.67. The van der Waals surface area contributed by atoms with Crippen LogP contribution in [0.4, 0.5) is 5.69 Å². The molecule has 0 spiro atoms. The third-order valence-electron chi connectivity index (χ3n) is 5.22. The monoisotopic (exact) mass is 369 g/mol. The molecule has 1 amide bonds. The van der Waals surface area contributed by atoms with E-state index in [0.29, 0.717) is 18.5 Å². The van der Waals surface area contributed by atoms with E-state index >= 15 is 0 Å². The lowest BCUT2D eigenvalue weighted by atomic mass is 9.95. The third-order valence-corrected chi connectivity index (χ3v) is 5.22. The highest BCUT2D eigenvalue weighted by molar-refractivity contribution is 6.33. The minimum absolute atomic E-state index is 0.00261. The van der Waals surface area contributed by atoms with Crippen LogP contribution in [-0.2, 0) is 11.3 Å². The van der Waals surface area contributed by atoms with Crippen molar-refractivity contribution < 1.29 is 9.90 Å². The zero-order valence-electron chi connectivity index (χ0n) is 15.9. The minimum atomic E-state index is -0.628. The molecule has 3 nitrogen and oxygen atoms in total. The highest BCUT2D eigenvalue weighted by Gasteiger charge is 2.33. The van der Waals surface area contributed by atoms with Crippen LogP contribution in [-0.4, -0.2) is 11.0 Å². The van der Waals surface area contributed by atoms with Gasteiger partial charge in [-0.2, -0.15) is 0 Å². The fourth-order valence-electron chi connectivity index (χ4n) is 3.80. The van der Waals surface area contributed by atoms with Crippen LogP contribution < -0.4 is 4.90 Å². The molecule has 0 aliphatic carbocycles. The van der Waals surface area contributed by atoms with Gasteiger partial charge in [0, 0.05) is 11.1 Å². The van der Waals surface area contributed by atoms with Crippen LogP contribution >= 0.6 is 0 Å². The van der Waals surface area contributed by atoms with Gasteiger partial charge in [0.15, 0.2) is 0 Å². The molecule has 0 saturated carbocycles. The number of hydrogen-bond acceptors (Lipinski definition) is 2.